The van der Waals surface area contributed by atoms with E-state index in [0.29, 0.717) is 6.42 Å². The molecule has 9 heteroatoms. The third kappa shape index (κ3) is 8.63. The van der Waals surface area contributed by atoms with E-state index in [4.69, 9.17) is 0 Å². The van der Waals surface area contributed by atoms with Gasteiger partial charge in [-0.05, 0) is 19.8 Å². The number of hydrogen-bond donors (Lipinski definition) is 2. The Bertz CT molecular complexity index is 494. The van der Waals surface area contributed by atoms with Crippen LogP contribution in [0.5, 0.6) is 0 Å². The van der Waals surface area contributed by atoms with Crippen LogP contribution in [0.2, 0.25) is 0 Å². The van der Waals surface area contributed by atoms with Gasteiger partial charge in [0.25, 0.3) is 0 Å². The summed E-state index contributed by atoms with van der Waals surface area (Å²) >= 11 is 0. The first-order chi connectivity index (χ1) is 12.6. The highest BCUT2D eigenvalue weighted by molar-refractivity contribution is 14.0. The number of amides is 2. The molecule has 0 saturated carbocycles. The molecule has 0 atom stereocenters. The number of nitrogens with zero attached hydrogens (tertiary/aromatic N) is 4. The fraction of sp³-hybridized carbons (Fsp3) is 0.833. The topological polar surface area (TPSA) is 80.3 Å². The molecule has 0 aromatic rings. The summed E-state index contributed by atoms with van der Waals surface area (Å²) < 4.78 is 0. The molecule has 0 bridgehead atoms. The van der Waals surface area contributed by atoms with Crippen molar-refractivity contribution in [1.82, 2.24) is 25.3 Å². The summed E-state index contributed by atoms with van der Waals surface area (Å²) in [6.07, 6.45) is 2.59. The maximum Gasteiger partial charge on any atom is 0.222 e. The van der Waals surface area contributed by atoms with Gasteiger partial charge < -0.3 is 20.4 Å². The lowest BCUT2D eigenvalue weighted by Gasteiger charge is -2.34. The molecule has 2 amide bonds. The van der Waals surface area contributed by atoms with Gasteiger partial charge in [0.2, 0.25) is 11.8 Å². The zero-order valence-corrected chi connectivity index (χ0v) is 19.0. The number of aliphatic imine (C=N–C) groups is 1. The zero-order chi connectivity index (χ0) is 18.8. The van der Waals surface area contributed by atoms with E-state index >= 15 is 0 Å². The minimum absolute atomic E-state index is 0. The molecule has 2 heterocycles. The van der Waals surface area contributed by atoms with Crippen molar-refractivity contribution in [1.29, 1.82) is 0 Å². The van der Waals surface area contributed by atoms with E-state index in [1.54, 1.807) is 6.92 Å². The molecule has 0 spiro atoms. The second kappa shape index (κ2) is 13.1. The van der Waals surface area contributed by atoms with Gasteiger partial charge in [-0.1, -0.05) is 0 Å². The summed E-state index contributed by atoms with van der Waals surface area (Å²) in [5.41, 5.74) is 0. The number of halogens is 1. The van der Waals surface area contributed by atoms with Gasteiger partial charge in [0, 0.05) is 78.8 Å². The maximum atomic E-state index is 11.6. The Morgan fingerprint density at radius 2 is 1.85 bits per heavy atom. The van der Waals surface area contributed by atoms with Gasteiger partial charge in [-0.25, -0.2) is 0 Å². The van der Waals surface area contributed by atoms with Crippen molar-refractivity contribution in [2.24, 2.45) is 4.99 Å². The molecule has 2 saturated heterocycles. The number of nitrogens with one attached hydrogen (secondary N) is 2. The molecular formula is C18H35IN6O2. The molecule has 2 rings (SSSR count). The van der Waals surface area contributed by atoms with Crippen LogP contribution in [0.4, 0.5) is 0 Å². The second-order valence-electron chi connectivity index (χ2n) is 6.87. The number of guanidine groups is 1. The van der Waals surface area contributed by atoms with Crippen LogP contribution in [0.3, 0.4) is 0 Å². The van der Waals surface area contributed by atoms with Crippen molar-refractivity contribution in [3.8, 4) is 0 Å². The first-order valence-corrected chi connectivity index (χ1v) is 9.88. The second-order valence-corrected chi connectivity index (χ2v) is 6.87. The normalized spacial score (nSPS) is 18.4. The van der Waals surface area contributed by atoms with Crippen molar-refractivity contribution in [3.63, 3.8) is 0 Å². The number of likely N-dealkylation sites (tertiary alicyclic amines) is 1. The van der Waals surface area contributed by atoms with E-state index in [2.05, 4.69) is 27.4 Å². The molecule has 8 nitrogen and oxygen atoms in total. The van der Waals surface area contributed by atoms with Crippen LogP contribution < -0.4 is 10.6 Å². The molecule has 2 aliphatic heterocycles. The predicted octanol–water partition coefficient (Wildman–Crippen LogP) is 0.336. The maximum absolute atomic E-state index is 11.6. The Kier molecular flexibility index (Phi) is 11.7. The van der Waals surface area contributed by atoms with E-state index < -0.39 is 0 Å². The summed E-state index contributed by atoms with van der Waals surface area (Å²) in [7, 11) is 0. The first kappa shape index (κ1) is 23.9. The van der Waals surface area contributed by atoms with Crippen LogP contribution in [-0.2, 0) is 9.59 Å². The van der Waals surface area contributed by atoms with Gasteiger partial charge >= 0.3 is 0 Å². The first-order valence-electron chi connectivity index (χ1n) is 9.88. The highest BCUT2D eigenvalue weighted by atomic mass is 127. The van der Waals surface area contributed by atoms with E-state index in [0.717, 1.165) is 84.2 Å². The molecule has 0 aromatic carbocycles. The average Bonchev–Trinajstić information content (AvgIpc) is 3.04. The third-order valence-electron chi connectivity index (χ3n) is 4.91. The quantitative estimate of drug-likeness (QED) is 0.220. The van der Waals surface area contributed by atoms with Gasteiger partial charge in [-0.3, -0.25) is 19.5 Å². The largest absolute Gasteiger partial charge is 0.357 e. The predicted molar refractivity (Wildman–Crippen MR) is 119 cm³/mol. The summed E-state index contributed by atoms with van der Waals surface area (Å²) in [4.78, 5) is 33.8. The SMILES string of the molecule is CCNC(=NCCCN1CCCC1=O)NCCN1CCN(C(C)=O)CC1.I. The summed E-state index contributed by atoms with van der Waals surface area (Å²) in [6, 6.07) is 0. The minimum atomic E-state index is 0. The van der Waals surface area contributed by atoms with E-state index in [-0.39, 0.29) is 35.8 Å². The Morgan fingerprint density at radius 3 is 2.44 bits per heavy atom. The molecule has 2 fully saturated rings. The Labute approximate surface area is 180 Å². The highest BCUT2D eigenvalue weighted by Crippen LogP contribution is 2.09. The summed E-state index contributed by atoms with van der Waals surface area (Å²) in [5.74, 6) is 1.28. The Balaban J connectivity index is 0.00000364. The van der Waals surface area contributed by atoms with Crippen molar-refractivity contribution in [2.75, 3.05) is 65.4 Å². The van der Waals surface area contributed by atoms with Crippen molar-refractivity contribution in [2.45, 2.75) is 33.1 Å². The molecule has 2 N–H and O–H groups in total. The Hall–Kier alpha value is -1.10. The lowest BCUT2D eigenvalue weighted by molar-refractivity contribution is -0.130. The molecule has 27 heavy (non-hydrogen) atoms. The number of carbonyl (C=O) groups is 2. The van der Waals surface area contributed by atoms with Crippen LogP contribution in [-0.4, -0.2) is 97.9 Å². The van der Waals surface area contributed by atoms with Crippen molar-refractivity contribution >= 4 is 41.8 Å². The highest BCUT2D eigenvalue weighted by Gasteiger charge is 2.19. The third-order valence-corrected chi connectivity index (χ3v) is 4.91. The smallest absolute Gasteiger partial charge is 0.222 e. The fourth-order valence-electron chi connectivity index (χ4n) is 3.35. The number of piperazine rings is 1. The van der Waals surface area contributed by atoms with Crippen LogP contribution in [0.1, 0.15) is 33.1 Å². The molecular weight excluding hydrogens is 459 g/mol. The van der Waals surface area contributed by atoms with Crippen molar-refractivity contribution in [3.05, 3.63) is 0 Å². The lowest BCUT2D eigenvalue weighted by Crippen LogP contribution is -2.50. The van der Waals surface area contributed by atoms with Gasteiger partial charge in [0.1, 0.15) is 0 Å². The van der Waals surface area contributed by atoms with Gasteiger partial charge in [0.15, 0.2) is 5.96 Å². The van der Waals surface area contributed by atoms with E-state index in [1.807, 2.05) is 9.80 Å². The Morgan fingerprint density at radius 1 is 1.11 bits per heavy atom. The van der Waals surface area contributed by atoms with Crippen LogP contribution in [0, 0.1) is 0 Å². The van der Waals surface area contributed by atoms with E-state index in [1.165, 1.54) is 0 Å². The number of rotatable bonds is 8. The summed E-state index contributed by atoms with van der Waals surface area (Å²) in [5, 5.41) is 6.64. The molecule has 2 aliphatic rings. The lowest BCUT2D eigenvalue weighted by atomic mass is 10.3. The molecule has 0 radical (unpaired) electrons. The van der Waals surface area contributed by atoms with Crippen LogP contribution in [0.15, 0.2) is 4.99 Å². The zero-order valence-electron chi connectivity index (χ0n) is 16.7. The number of hydrogen-bond acceptors (Lipinski definition) is 4. The number of carbonyl (C=O) groups excluding carboxylic acids is 2. The molecule has 0 unspecified atom stereocenters. The molecule has 0 aliphatic carbocycles. The molecule has 156 valence electrons. The van der Waals surface area contributed by atoms with Crippen molar-refractivity contribution < 1.29 is 9.59 Å². The average molecular weight is 494 g/mol. The van der Waals surface area contributed by atoms with E-state index in [9.17, 15) is 9.59 Å². The van der Waals surface area contributed by atoms with Crippen LogP contribution >= 0.6 is 24.0 Å². The molecule has 0 aromatic heterocycles. The standard InChI is InChI=1S/C18H34N6O2.HI/c1-3-19-18(20-7-5-10-24-9-4-6-17(24)26)21-8-11-22-12-14-23(15-13-22)16(2)25;/h3-15H2,1-2H3,(H2,19,20,21);1H. The van der Waals surface area contributed by atoms with Gasteiger partial charge in [0.05, 0.1) is 0 Å². The van der Waals surface area contributed by atoms with Gasteiger partial charge in [-0.2, -0.15) is 0 Å². The summed E-state index contributed by atoms with van der Waals surface area (Å²) in [6.45, 7) is 12.2. The fourth-order valence-corrected chi connectivity index (χ4v) is 3.35. The van der Waals surface area contributed by atoms with Crippen LogP contribution in [0.25, 0.3) is 0 Å². The minimum Gasteiger partial charge on any atom is -0.357 e. The monoisotopic (exact) mass is 494 g/mol. The van der Waals surface area contributed by atoms with Gasteiger partial charge in [-0.15, -0.1) is 24.0 Å².